The summed E-state index contributed by atoms with van der Waals surface area (Å²) in [6.45, 7) is 1.88. The van der Waals surface area contributed by atoms with E-state index in [0.29, 0.717) is 31.2 Å². The van der Waals surface area contributed by atoms with Gasteiger partial charge < -0.3 is 30.3 Å². The van der Waals surface area contributed by atoms with E-state index in [4.69, 9.17) is 5.11 Å². The number of carboxylic acids is 1. The average Bonchev–Trinajstić information content (AvgIpc) is 3.31. The molecular weight excluding hydrogens is 452 g/mol. The maximum absolute atomic E-state index is 13.1. The Bertz CT molecular complexity index is 1150. The molecule has 0 unspecified atom stereocenters. The van der Waals surface area contributed by atoms with Gasteiger partial charge in [-0.25, -0.2) is 0 Å². The van der Waals surface area contributed by atoms with Crippen molar-refractivity contribution in [2.75, 3.05) is 25.5 Å². The van der Waals surface area contributed by atoms with Crippen LogP contribution in [0.2, 0.25) is 0 Å². The summed E-state index contributed by atoms with van der Waals surface area (Å²) in [5, 5.41) is 15.7. The molecule has 0 aromatic heterocycles. The van der Waals surface area contributed by atoms with Crippen LogP contribution in [0, 0.1) is 0 Å². The van der Waals surface area contributed by atoms with Crippen LogP contribution in [0.4, 0.5) is 5.69 Å². The molecule has 0 radical (unpaired) electrons. The number of carbonyl (C=O) groups excluding carboxylic acids is 4. The largest absolute Gasteiger partial charge is 0.481 e. The van der Waals surface area contributed by atoms with Gasteiger partial charge in [0.1, 0.15) is 18.4 Å². The van der Waals surface area contributed by atoms with Gasteiger partial charge in [0, 0.05) is 37.3 Å². The average molecular weight is 483 g/mol. The number of amides is 3. The molecule has 2 aromatic carbocycles. The zero-order chi connectivity index (χ0) is 25.7. The van der Waals surface area contributed by atoms with Crippen molar-refractivity contribution in [3.05, 3.63) is 42.0 Å². The Morgan fingerprint density at radius 2 is 1.80 bits per heavy atom. The molecule has 3 atom stereocenters. The third-order valence-electron chi connectivity index (χ3n) is 6.07. The van der Waals surface area contributed by atoms with E-state index < -0.39 is 48.2 Å². The number of aliphatic carboxylic acids is 1. The van der Waals surface area contributed by atoms with Crippen LogP contribution in [0.25, 0.3) is 10.8 Å². The second-order valence-electron chi connectivity index (χ2n) is 8.81. The maximum atomic E-state index is 13.1. The number of aldehydes is 1. The predicted molar refractivity (Wildman–Crippen MR) is 130 cm³/mol. The molecule has 10 heteroatoms. The highest BCUT2D eigenvalue weighted by Crippen LogP contribution is 2.28. The summed E-state index contributed by atoms with van der Waals surface area (Å²) < 4.78 is 0. The van der Waals surface area contributed by atoms with Gasteiger partial charge >= 0.3 is 5.97 Å². The first-order chi connectivity index (χ1) is 16.6. The van der Waals surface area contributed by atoms with Crippen molar-refractivity contribution in [1.82, 2.24) is 15.5 Å². The molecule has 0 saturated carbocycles. The highest BCUT2D eigenvalue weighted by Gasteiger charge is 2.37. The van der Waals surface area contributed by atoms with E-state index >= 15 is 0 Å². The maximum Gasteiger partial charge on any atom is 0.305 e. The van der Waals surface area contributed by atoms with Crippen LogP contribution < -0.4 is 15.5 Å². The van der Waals surface area contributed by atoms with E-state index in [-0.39, 0.29) is 0 Å². The van der Waals surface area contributed by atoms with E-state index in [9.17, 15) is 24.0 Å². The lowest BCUT2D eigenvalue weighted by Crippen LogP contribution is -2.54. The minimum Gasteiger partial charge on any atom is -0.481 e. The number of carboxylic acid groups (broad SMARTS) is 1. The Morgan fingerprint density at radius 3 is 2.43 bits per heavy atom. The summed E-state index contributed by atoms with van der Waals surface area (Å²) in [4.78, 5) is 64.2. The molecule has 1 saturated heterocycles. The van der Waals surface area contributed by atoms with Crippen molar-refractivity contribution < 1.29 is 29.1 Å². The monoisotopic (exact) mass is 482 g/mol. The van der Waals surface area contributed by atoms with Crippen LogP contribution in [-0.4, -0.2) is 78.7 Å². The summed E-state index contributed by atoms with van der Waals surface area (Å²) in [6.07, 6.45) is 0.782. The van der Waals surface area contributed by atoms with Gasteiger partial charge in [-0.1, -0.05) is 24.3 Å². The number of fused-ring (bicyclic) bond motifs is 1. The van der Waals surface area contributed by atoms with Crippen LogP contribution in [-0.2, 0) is 19.2 Å². The number of carbonyl (C=O) groups is 5. The van der Waals surface area contributed by atoms with Crippen LogP contribution in [0.1, 0.15) is 36.5 Å². The molecule has 1 aliphatic heterocycles. The van der Waals surface area contributed by atoms with Crippen molar-refractivity contribution >= 4 is 46.4 Å². The van der Waals surface area contributed by atoms with Gasteiger partial charge in [0.2, 0.25) is 11.8 Å². The normalized spacial score (nSPS) is 16.9. The number of anilines is 1. The van der Waals surface area contributed by atoms with Crippen LogP contribution in [0.3, 0.4) is 0 Å². The second-order valence-corrected chi connectivity index (χ2v) is 8.81. The first-order valence-corrected chi connectivity index (χ1v) is 11.4. The molecular formula is C25H30N4O6. The minimum atomic E-state index is -1.22. The zero-order valence-corrected chi connectivity index (χ0v) is 20.0. The zero-order valence-electron chi connectivity index (χ0n) is 20.0. The highest BCUT2D eigenvalue weighted by atomic mass is 16.4. The number of hydrogen-bond acceptors (Lipinski definition) is 6. The fourth-order valence-electron chi connectivity index (χ4n) is 4.36. The highest BCUT2D eigenvalue weighted by molar-refractivity contribution is 6.11. The van der Waals surface area contributed by atoms with Gasteiger partial charge in [0.05, 0.1) is 12.5 Å². The summed E-state index contributed by atoms with van der Waals surface area (Å²) in [5.74, 6) is -2.64. The standard InChI is InChI=1S/C25H30N4O6/c1-15(25(35)29-12-6-9-21(29)24(34)27-16(14-30)13-22(31)32)26-23(33)19-10-11-20(28(2)3)18-8-5-4-7-17(18)19/h4-5,7-8,10-11,14-16,21H,6,9,12-13H2,1-3H3,(H,26,33)(H,27,34)(H,31,32)/t15-,16-,21-/m0/s1. The Hall–Kier alpha value is -3.95. The molecule has 186 valence electrons. The molecule has 10 nitrogen and oxygen atoms in total. The number of nitrogens with one attached hydrogen (secondary N) is 2. The topological polar surface area (TPSA) is 136 Å². The van der Waals surface area contributed by atoms with Crippen LogP contribution in [0.15, 0.2) is 36.4 Å². The van der Waals surface area contributed by atoms with E-state index in [0.717, 1.165) is 16.5 Å². The number of nitrogens with zero attached hydrogens (tertiary/aromatic N) is 2. The van der Waals surface area contributed by atoms with Gasteiger partial charge in [-0.3, -0.25) is 19.2 Å². The van der Waals surface area contributed by atoms with Crippen LogP contribution in [0.5, 0.6) is 0 Å². The van der Waals surface area contributed by atoms with E-state index in [1.165, 1.54) is 4.90 Å². The Morgan fingerprint density at radius 1 is 1.11 bits per heavy atom. The summed E-state index contributed by atoms with van der Waals surface area (Å²) in [6, 6.07) is 8.19. The summed E-state index contributed by atoms with van der Waals surface area (Å²) in [5.41, 5.74) is 1.40. The minimum absolute atomic E-state index is 0.322. The molecule has 1 aliphatic rings. The van der Waals surface area contributed by atoms with Crippen molar-refractivity contribution in [2.24, 2.45) is 0 Å². The SMILES string of the molecule is C[C@H](NC(=O)c1ccc(N(C)C)c2ccccc12)C(=O)N1CCC[C@H]1C(=O)N[C@H](C=O)CC(=O)O. The lowest BCUT2D eigenvalue weighted by atomic mass is 10.0. The number of likely N-dealkylation sites (tertiary alicyclic amines) is 1. The first kappa shape index (κ1) is 25.7. The Kier molecular flexibility index (Phi) is 8.06. The van der Waals surface area contributed by atoms with Gasteiger partial charge in [0.15, 0.2) is 0 Å². The molecule has 3 N–H and O–H groups in total. The smallest absolute Gasteiger partial charge is 0.305 e. The van der Waals surface area contributed by atoms with E-state index in [1.54, 1.807) is 13.0 Å². The molecule has 1 heterocycles. The van der Waals surface area contributed by atoms with Crippen LogP contribution >= 0.6 is 0 Å². The van der Waals surface area contributed by atoms with Crippen molar-refractivity contribution in [1.29, 1.82) is 0 Å². The van der Waals surface area contributed by atoms with Crippen molar-refractivity contribution in [3.8, 4) is 0 Å². The number of benzene rings is 2. The lowest BCUT2D eigenvalue weighted by molar-refractivity contribution is -0.141. The number of rotatable bonds is 9. The predicted octanol–water partition coefficient (Wildman–Crippen LogP) is 1.17. The van der Waals surface area contributed by atoms with Gasteiger partial charge in [-0.05, 0) is 37.3 Å². The molecule has 2 aromatic rings. The second kappa shape index (κ2) is 11.0. The van der Waals surface area contributed by atoms with Gasteiger partial charge in [-0.15, -0.1) is 0 Å². The first-order valence-electron chi connectivity index (χ1n) is 11.4. The third kappa shape index (κ3) is 5.76. The summed E-state index contributed by atoms with van der Waals surface area (Å²) in [7, 11) is 3.84. The molecule has 0 spiro atoms. The Labute approximate surface area is 203 Å². The third-order valence-corrected chi connectivity index (χ3v) is 6.07. The fourth-order valence-corrected chi connectivity index (χ4v) is 4.36. The molecule has 3 rings (SSSR count). The van der Waals surface area contributed by atoms with Crippen molar-refractivity contribution in [2.45, 2.75) is 44.3 Å². The van der Waals surface area contributed by atoms with Crippen molar-refractivity contribution in [3.63, 3.8) is 0 Å². The summed E-state index contributed by atoms with van der Waals surface area (Å²) >= 11 is 0. The van der Waals surface area contributed by atoms with E-state index in [2.05, 4.69) is 10.6 Å². The Balaban J connectivity index is 1.72. The quantitative estimate of drug-likeness (QED) is 0.457. The van der Waals surface area contributed by atoms with Gasteiger partial charge in [-0.2, -0.15) is 0 Å². The number of hydrogen-bond donors (Lipinski definition) is 3. The fraction of sp³-hybridized carbons (Fsp3) is 0.400. The molecule has 0 aliphatic carbocycles. The molecule has 35 heavy (non-hydrogen) atoms. The van der Waals surface area contributed by atoms with Gasteiger partial charge in [0.25, 0.3) is 5.91 Å². The molecule has 0 bridgehead atoms. The molecule has 3 amide bonds. The molecule has 1 fully saturated rings. The van der Waals surface area contributed by atoms with E-state index in [1.807, 2.05) is 49.3 Å². The lowest BCUT2D eigenvalue weighted by Gasteiger charge is -2.28.